The Bertz CT molecular complexity index is 481. The van der Waals surface area contributed by atoms with Crippen LogP contribution < -0.4 is 0 Å². The molecule has 0 aliphatic heterocycles. The van der Waals surface area contributed by atoms with Gasteiger partial charge in [0.15, 0.2) is 0 Å². The van der Waals surface area contributed by atoms with Gasteiger partial charge in [-0.2, -0.15) is 0 Å². The maximum absolute atomic E-state index is 2.29. The molecule has 0 saturated heterocycles. The minimum Gasteiger partial charge on any atom is -0.0614 e. The van der Waals surface area contributed by atoms with Crippen molar-refractivity contribution in [2.45, 2.75) is 26.7 Å². The molecule has 0 amide bonds. The van der Waals surface area contributed by atoms with Crippen molar-refractivity contribution in [3.05, 3.63) is 59.7 Å². The lowest BCUT2D eigenvalue weighted by atomic mass is 9.97. The van der Waals surface area contributed by atoms with Crippen LogP contribution in [0.3, 0.4) is 0 Å². The molecule has 0 fully saturated rings. The van der Waals surface area contributed by atoms with E-state index in [9.17, 15) is 0 Å². The van der Waals surface area contributed by atoms with Crippen LogP contribution in [0.4, 0.5) is 0 Å². The number of rotatable bonds is 2. The van der Waals surface area contributed by atoms with Gasteiger partial charge in [0.05, 0.1) is 0 Å². The summed E-state index contributed by atoms with van der Waals surface area (Å²) in [5.41, 5.74) is 5.34. The van der Waals surface area contributed by atoms with Gasteiger partial charge >= 0.3 is 0 Å². The SMILES string of the molecule is Cc1cccc(-c2cccc(C(C)C)c2)c1. The Kier molecular flexibility index (Phi) is 3.09. The zero-order valence-electron chi connectivity index (χ0n) is 10.2. The Morgan fingerprint density at radius 1 is 0.812 bits per heavy atom. The zero-order chi connectivity index (χ0) is 11.5. The molecular formula is C16H18. The summed E-state index contributed by atoms with van der Waals surface area (Å²) in [5, 5.41) is 0. The van der Waals surface area contributed by atoms with Crippen molar-refractivity contribution in [1.82, 2.24) is 0 Å². The molecule has 0 saturated carbocycles. The second-order valence-corrected chi connectivity index (χ2v) is 4.65. The minimum absolute atomic E-state index is 0.588. The van der Waals surface area contributed by atoms with Gasteiger partial charge in [0, 0.05) is 0 Å². The van der Waals surface area contributed by atoms with E-state index >= 15 is 0 Å². The average molecular weight is 210 g/mol. The van der Waals surface area contributed by atoms with Crippen molar-refractivity contribution in [2.75, 3.05) is 0 Å². The van der Waals surface area contributed by atoms with E-state index in [-0.39, 0.29) is 0 Å². The Labute approximate surface area is 97.9 Å². The summed E-state index contributed by atoms with van der Waals surface area (Å²) in [7, 11) is 0. The third-order valence-corrected chi connectivity index (χ3v) is 2.90. The topological polar surface area (TPSA) is 0 Å². The average Bonchev–Trinajstić information content (AvgIpc) is 2.29. The van der Waals surface area contributed by atoms with Gasteiger partial charge in [-0.3, -0.25) is 0 Å². The van der Waals surface area contributed by atoms with Gasteiger partial charge in [-0.1, -0.05) is 67.9 Å². The fourth-order valence-electron chi connectivity index (χ4n) is 1.90. The van der Waals surface area contributed by atoms with Crippen LogP contribution in [0.2, 0.25) is 0 Å². The van der Waals surface area contributed by atoms with E-state index in [4.69, 9.17) is 0 Å². The van der Waals surface area contributed by atoms with Crippen LogP contribution in [0.25, 0.3) is 11.1 Å². The van der Waals surface area contributed by atoms with Gasteiger partial charge in [-0.15, -0.1) is 0 Å². The Morgan fingerprint density at radius 2 is 1.44 bits per heavy atom. The normalized spacial score (nSPS) is 10.8. The molecular weight excluding hydrogens is 192 g/mol. The smallest absolute Gasteiger partial charge is 0.0181 e. The zero-order valence-corrected chi connectivity index (χ0v) is 10.2. The molecule has 2 aromatic carbocycles. The number of hydrogen-bond donors (Lipinski definition) is 0. The maximum atomic E-state index is 2.29. The van der Waals surface area contributed by atoms with E-state index in [0.717, 1.165) is 0 Å². The Morgan fingerprint density at radius 3 is 2.06 bits per heavy atom. The summed E-state index contributed by atoms with van der Waals surface area (Å²) in [6.45, 7) is 6.60. The largest absolute Gasteiger partial charge is 0.0614 e. The van der Waals surface area contributed by atoms with Crippen molar-refractivity contribution in [3.63, 3.8) is 0 Å². The summed E-state index contributed by atoms with van der Waals surface area (Å²) in [4.78, 5) is 0. The molecule has 2 aromatic rings. The highest BCUT2D eigenvalue weighted by molar-refractivity contribution is 5.65. The van der Waals surface area contributed by atoms with Gasteiger partial charge in [-0.25, -0.2) is 0 Å². The maximum Gasteiger partial charge on any atom is -0.0181 e. The molecule has 0 heteroatoms. The lowest BCUT2D eigenvalue weighted by molar-refractivity contribution is 0.867. The summed E-state index contributed by atoms with van der Waals surface area (Å²) < 4.78 is 0. The van der Waals surface area contributed by atoms with Crippen LogP contribution in [0.15, 0.2) is 48.5 Å². The summed E-state index contributed by atoms with van der Waals surface area (Å²) in [6.07, 6.45) is 0. The second kappa shape index (κ2) is 4.52. The fourth-order valence-corrected chi connectivity index (χ4v) is 1.90. The van der Waals surface area contributed by atoms with Gasteiger partial charge in [0.25, 0.3) is 0 Å². The molecule has 0 aromatic heterocycles. The van der Waals surface area contributed by atoms with E-state index in [0.29, 0.717) is 5.92 Å². The lowest BCUT2D eigenvalue weighted by Crippen LogP contribution is -1.87. The molecule has 0 nitrogen and oxygen atoms in total. The highest BCUT2D eigenvalue weighted by Gasteiger charge is 2.02. The molecule has 0 spiro atoms. The van der Waals surface area contributed by atoms with E-state index in [1.807, 2.05) is 0 Å². The predicted molar refractivity (Wildman–Crippen MR) is 70.7 cm³/mol. The molecule has 0 heterocycles. The van der Waals surface area contributed by atoms with E-state index in [1.54, 1.807) is 0 Å². The molecule has 0 N–H and O–H groups in total. The predicted octanol–water partition coefficient (Wildman–Crippen LogP) is 4.79. The third kappa shape index (κ3) is 2.33. The van der Waals surface area contributed by atoms with Crippen molar-refractivity contribution in [1.29, 1.82) is 0 Å². The van der Waals surface area contributed by atoms with Gasteiger partial charge in [0.1, 0.15) is 0 Å². The van der Waals surface area contributed by atoms with Gasteiger partial charge < -0.3 is 0 Å². The first-order valence-corrected chi connectivity index (χ1v) is 5.84. The molecule has 82 valence electrons. The van der Waals surface area contributed by atoms with Crippen LogP contribution in [0.5, 0.6) is 0 Å². The van der Waals surface area contributed by atoms with Crippen molar-refractivity contribution in [2.24, 2.45) is 0 Å². The first-order chi connectivity index (χ1) is 7.66. The second-order valence-electron chi connectivity index (χ2n) is 4.65. The van der Waals surface area contributed by atoms with E-state index < -0.39 is 0 Å². The highest BCUT2D eigenvalue weighted by Crippen LogP contribution is 2.24. The fraction of sp³-hybridized carbons (Fsp3) is 0.250. The molecule has 0 aliphatic carbocycles. The summed E-state index contributed by atoms with van der Waals surface area (Å²) >= 11 is 0. The summed E-state index contributed by atoms with van der Waals surface area (Å²) in [5.74, 6) is 0.588. The lowest BCUT2D eigenvalue weighted by Gasteiger charge is -2.08. The molecule has 0 unspecified atom stereocenters. The number of hydrogen-bond acceptors (Lipinski definition) is 0. The van der Waals surface area contributed by atoms with E-state index in [1.165, 1.54) is 22.3 Å². The number of benzene rings is 2. The molecule has 0 radical (unpaired) electrons. The first kappa shape index (κ1) is 10.9. The molecule has 2 rings (SSSR count). The van der Waals surface area contributed by atoms with Crippen LogP contribution in [0, 0.1) is 6.92 Å². The molecule has 0 aliphatic rings. The monoisotopic (exact) mass is 210 g/mol. The van der Waals surface area contributed by atoms with Crippen LogP contribution in [0.1, 0.15) is 30.9 Å². The van der Waals surface area contributed by atoms with Gasteiger partial charge in [0.2, 0.25) is 0 Å². The molecule has 0 bridgehead atoms. The van der Waals surface area contributed by atoms with E-state index in [2.05, 4.69) is 69.3 Å². The Balaban J connectivity index is 2.44. The van der Waals surface area contributed by atoms with Crippen molar-refractivity contribution < 1.29 is 0 Å². The van der Waals surface area contributed by atoms with Crippen LogP contribution >= 0.6 is 0 Å². The quantitative estimate of drug-likeness (QED) is 0.668. The number of aryl methyl sites for hydroxylation is 1. The van der Waals surface area contributed by atoms with Crippen LogP contribution in [-0.4, -0.2) is 0 Å². The standard InChI is InChI=1S/C16H18/c1-12(2)14-7-5-9-16(11-14)15-8-4-6-13(3)10-15/h4-12H,1-3H3. The third-order valence-electron chi connectivity index (χ3n) is 2.90. The first-order valence-electron chi connectivity index (χ1n) is 5.84. The highest BCUT2D eigenvalue weighted by atomic mass is 14.1. The molecule has 16 heavy (non-hydrogen) atoms. The van der Waals surface area contributed by atoms with Crippen molar-refractivity contribution >= 4 is 0 Å². The van der Waals surface area contributed by atoms with Crippen LogP contribution in [-0.2, 0) is 0 Å². The molecule has 0 atom stereocenters. The van der Waals surface area contributed by atoms with Gasteiger partial charge in [-0.05, 0) is 29.5 Å². The minimum atomic E-state index is 0.588. The van der Waals surface area contributed by atoms with Crippen molar-refractivity contribution in [3.8, 4) is 11.1 Å². The summed E-state index contributed by atoms with van der Waals surface area (Å²) in [6, 6.07) is 17.5. The Hall–Kier alpha value is -1.56.